The fourth-order valence-electron chi connectivity index (χ4n) is 3.21. The number of nitrogens with one attached hydrogen (secondary N) is 1. The van der Waals surface area contributed by atoms with Gasteiger partial charge in [-0.25, -0.2) is 0 Å². The molecule has 0 unspecified atom stereocenters. The van der Waals surface area contributed by atoms with Gasteiger partial charge >= 0.3 is 0 Å². The number of hydrogen-bond donors (Lipinski definition) is 1. The van der Waals surface area contributed by atoms with Crippen LogP contribution in [0.2, 0.25) is 0 Å². The molecule has 0 aromatic heterocycles. The van der Waals surface area contributed by atoms with Gasteiger partial charge in [-0.3, -0.25) is 9.69 Å². The zero-order valence-corrected chi connectivity index (χ0v) is 15.2. The second-order valence-electron chi connectivity index (χ2n) is 6.25. The minimum absolute atomic E-state index is 0.0826. The first kappa shape index (κ1) is 18.4. The van der Waals surface area contributed by atoms with Gasteiger partial charge in [0.05, 0.1) is 25.9 Å². The Bertz CT molecular complexity index is 699. The summed E-state index contributed by atoms with van der Waals surface area (Å²) in [5, 5.41) is 3.09. The van der Waals surface area contributed by atoms with E-state index < -0.39 is 0 Å². The lowest BCUT2D eigenvalue weighted by Gasteiger charge is -2.35. The second kappa shape index (κ2) is 9.36. The molecule has 1 fully saturated rings. The summed E-state index contributed by atoms with van der Waals surface area (Å²) in [6, 6.07) is 17.7. The van der Waals surface area contributed by atoms with Crippen LogP contribution in [0.4, 0.5) is 0 Å². The minimum atomic E-state index is -0.0826. The van der Waals surface area contributed by atoms with E-state index in [-0.39, 0.29) is 11.9 Å². The van der Waals surface area contributed by atoms with Crippen molar-refractivity contribution in [3.05, 3.63) is 65.7 Å². The SMILES string of the molecule is CCOc1cccc(C(=O)NC[C@@H](c2ccccc2)N2CCOCC2)c1. The smallest absolute Gasteiger partial charge is 0.251 e. The van der Waals surface area contributed by atoms with Crippen molar-refractivity contribution < 1.29 is 14.3 Å². The Morgan fingerprint density at radius 3 is 2.65 bits per heavy atom. The van der Waals surface area contributed by atoms with E-state index in [1.54, 1.807) is 6.07 Å². The fourth-order valence-corrected chi connectivity index (χ4v) is 3.21. The van der Waals surface area contributed by atoms with E-state index in [4.69, 9.17) is 9.47 Å². The number of ether oxygens (including phenoxy) is 2. The molecular weight excluding hydrogens is 328 g/mol. The Labute approximate surface area is 154 Å². The molecule has 0 aliphatic carbocycles. The molecule has 1 aliphatic rings. The highest BCUT2D eigenvalue weighted by molar-refractivity contribution is 5.94. The third kappa shape index (κ3) is 4.84. The van der Waals surface area contributed by atoms with Gasteiger partial charge in [-0.05, 0) is 30.7 Å². The van der Waals surface area contributed by atoms with Crippen LogP contribution < -0.4 is 10.1 Å². The lowest BCUT2D eigenvalue weighted by atomic mass is 10.0. The van der Waals surface area contributed by atoms with Gasteiger partial charge in [0, 0.05) is 25.2 Å². The van der Waals surface area contributed by atoms with Crippen molar-refractivity contribution in [2.24, 2.45) is 0 Å². The van der Waals surface area contributed by atoms with Crippen molar-refractivity contribution in [2.45, 2.75) is 13.0 Å². The Morgan fingerprint density at radius 2 is 1.92 bits per heavy atom. The van der Waals surface area contributed by atoms with E-state index in [0.717, 1.165) is 26.3 Å². The van der Waals surface area contributed by atoms with Crippen LogP contribution in [0.5, 0.6) is 5.75 Å². The minimum Gasteiger partial charge on any atom is -0.494 e. The van der Waals surface area contributed by atoms with Crippen LogP contribution >= 0.6 is 0 Å². The molecule has 1 amide bonds. The number of morpholine rings is 1. The molecule has 1 heterocycles. The van der Waals surface area contributed by atoms with Crippen molar-refractivity contribution in [3.63, 3.8) is 0 Å². The molecule has 0 saturated carbocycles. The second-order valence-corrected chi connectivity index (χ2v) is 6.25. The normalized spacial score (nSPS) is 16.0. The first-order chi connectivity index (χ1) is 12.8. The quantitative estimate of drug-likeness (QED) is 0.831. The Balaban J connectivity index is 1.69. The van der Waals surface area contributed by atoms with E-state index in [1.165, 1.54) is 5.56 Å². The number of hydrogen-bond acceptors (Lipinski definition) is 4. The first-order valence-corrected chi connectivity index (χ1v) is 9.15. The average Bonchev–Trinajstić information content (AvgIpc) is 2.70. The molecule has 138 valence electrons. The van der Waals surface area contributed by atoms with E-state index in [2.05, 4.69) is 22.3 Å². The monoisotopic (exact) mass is 354 g/mol. The summed E-state index contributed by atoms with van der Waals surface area (Å²) in [5.74, 6) is 0.633. The molecule has 1 N–H and O–H groups in total. The maximum atomic E-state index is 12.6. The van der Waals surface area contributed by atoms with Crippen LogP contribution in [0.25, 0.3) is 0 Å². The lowest BCUT2D eigenvalue weighted by Crippen LogP contribution is -2.43. The summed E-state index contributed by atoms with van der Waals surface area (Å²) in [6.45, 7) is 6.27. The van der Waals surface area contributed by atoms with Crippen LogP contribution in [0.15, 0.2) is 54.6 Å². The van der Waals surface area contributed by atoms with E-state index in [0.29, 0.717) is 24.5 Å². The molecule has 2 aromatic carbocycles. The van der Waals surface area contributed by atoms with Crippen LogP contribution in [0.1, 0.15) is 28.9 Å². The summed E-state index contributed by atoms with van der Waals surface area (Å²) in [5.41, 5.74) is 1.82. The predicted octanol–water partition coefficient (Wildman–Crippen LogP) is 2.89. The largest absolute Gasteiger partial charge is 0.494 e. The number of carbonyl (C=O) groups is 1. The zero-order valence-electron chi connectivity index (χ0n) is 15.2. The van der Waals surface area contributed by atoms with E-state index in [1.807, 2.05) is 43.3 Å². The Hall–Kier alpha value is -2.37. The third-order valence-corrected chi connectivity index (χ3v) is 4.53. The highest BCUT2D eigenvalue weighted by Gasteiger charge is 2.23. The molecule has 1 atom stereocenters. The fraction of sp³-hybridized carbons (Fsp3) is 0.381. The summed E-state index contributed by atoms with van der Waals surface area (Å²) < 4.78 is 11.0. The maximum Gasteiger partial charge on any atom is 0.251 e. The van der Waals surface area contributed by atoms with Crippen molar-refractivity contribution in [1.29, 1.82) is 0 Å². The zero-order chi connectivity index (χ0) is 18.2. The summed E-state index contributed by atoms with van der Waals surface area (Å²) in [7, 11) is 0. The molecule has 1 saturated heterocycles. The van der Waals surface area contributed by atoms with Crippen LogP contribution in [0, 0.1) is 0 Å². The topological polar surface area (TPSA) is 50.8 Å². The Morgan fingerprint density at radius 1 is 1.15 bits per heavy atom. The van der Waals surface area contributed by atoms with E-state index >= 15 is 0 Å². The number of rotatable bonds is 7. The number of carbonyl (C=O) groups excluding carboxylic acids is 1. The summed E-state index contributed by atoms with van der Waals surface area (Å²) in [4.78, 5) is 15.0. The van der Waals surface area contributed by atoms with Gasteiger partial charge in [-0.2, -0.15) is 0 Å². The molecule has 26 heavy (non-hydrogen) atoms. The van der Waals surface area contributed by atoms with Crippen molar-refractivity contribution in [1.82, 2.24) is 10.2 Å². The molecule has 3 rings (SSSR count). The average molecular weight is 354 g/mol. The predicted molar refractivity (Wildman–Crippen MR) is 102 cm³/mol. The molecule has 0 bridgehead atoms. The molecule has 0 radical (unpaired) electrons. The van der Waals surface area contributed by atoms with Gasteiger partial charge in [-0.15, -0.1) is 0 Å². The molecule has 0 spiro atoms. The van der Waals surface area contributed by atoms with Gasteiger partial charge < -0.3 is 14.8 Å². The number of amides is 1. The van der Waals surface area contributed by atoms with E-state index in [9.17, 15) is 4.79 Å². The standard InChI is InChI=1S/C21H26N2O3/c1-2-26-19-10-6-9-18(15-19)21(24)22-16-20(17-7-4-3-5-8-17)23-11-13-25-14-12-23/h3-10,15,20H,2,11-14,16H2,1H3,(H,22,24)/t20-/m0/s1. The van der Waals surface area contributed by atoms with Crippen molar-refractivity contribution >= 4 is 5.91 Å². The van der Waals surface area contributed by atoms with Crippen molar-refractivity contribution in [2.75, 3.05) is 39.5 Å². The van der Waals surface area contributed by atoms with Gasteiger partial charge in [-0.1, -0.05) is 36.4 Å². The summed E-state index contributed by atoms with van der Waals surface area (Å²) in [6.07, 6.45) is 0. The maximum absolute atomic E-state index is 12.6. The van der Waals surface area contributed by atoms with Gasteiger partial charge in [0.2, 0.25) is 0 Å². The van der Waals surface area contributed by atoms with Crippen LogP contribution in [-0.4, -0.2) is 50.3 Å². The van der Waals surface area contributed by atoms with Crippen LogP contribution in [0.3, 0.4) is 0 Å². The molecule has 2 aromatic rings. The summed E-state index contributed by atoms with van der Waals surface area (Å²) >= 11 is 0. The highest BCUT2D eigenvalue weighted by atomic mass is 16.5. The van der Waals surface area contributed by atoms with Gasteiger partial charge in [0.15, 0.2) is 0 Å². The van der Waals surface area contributed by atoms with Crippen LogP contribution in [-0.2, 0) is 4.74 Å². The third-order valence-electron chi connectivity index (χ3n) is 4.53. The number of benzene rings is 2. The lowest BCUT2D eigenvalue weighted by molar-refractivity contribution is 0.0162. The first-order valence-electron chi connectivity index (χ1n) is 9.15. The van der Waals surface area contributed by atoms with Gasteiger partial charge in [0.1, 0.15) is 5.75 Å². The molecule has 5 nitrogen and oxygen atoms in total. The molecular formula is C21H26N2O3. The molecule has 5 heteroatoms. The number of nitrogens with zero attached hydrogens (tertiary/aromatic N) is 1. The molecule has 1 aliphatic heterocycles. The van der Waals surface area contributed by atoms with Crippen molar-refractivity contribution in [3.8, 4) is 5.75 Å². The Kier molecular flexibility index (Phi) is 6.63. The highest BCUT2D eigenvalue weighted by Crippen LogP contribution is 2.21. The van der Waals surface area contributed by atoms with Gasteiger partial charge in [0.25, 0.3) is 5.91 Å².